The van der Waals surface area contributed by atoms with Crippen LogP contribution < -0.4 is 5.73 Å². The summed E-state index contributed by atoms with van der Waals surface area (Å²) >= 11 is 5.52. The van der Waals surface area contributed by atoms with Crippen molar-refractivity contribution < 1.29 is 9.50 Å². The predicted molar refractivity (Wildman–Crippen MR) is 41.7 cm³/mol. The van der Waals surface area contributed by atoms with Crippen LogP contribution >= 0.6 is 11.6 Å². The van der Waals surface area contributed by atoms with Crippen LogP contribution in [0.5, 0.6) is 0 Å². The van der Waals surface area contributed by atoms with Crippen LogP contribution in [0.2, 0.25) is 5.02 Å². The quantitative estimate of drug-likeness (QED) is 0.637. The summed E-state index contributed by atoms with van der Waals surface area (Å²) in [7, 11) is 0. The number of aliphatic hydroxyl groups excluding tert-OH is 1. The summed E-state index contributed by atoms with van der Waals surface area (Å²) < 4.78 is 12.5. The topological polar surface area (TPSA) is 46.2 Å². The van der Waals surface area contributed by atoms with Crippen LogP contribution in [0.3, 0.4) is 0 Å². The lowest BCUT2D eigenvalue weighted by Crippen LogP contribution is -1.96. The SMILES string of the molecule is Nc1c(Cl)cc(F)cc1CO. The molecule has 0 saturated heterocycles. The van der Waals surface area contributed by atoms with E-state index in [0.29, 0.717) is 5.56 Å². The van der Waals surface area contributed by atoms with Crippen molar-refractivity contribution in [1.82, 2.24) is 0 Å². The third-order valence-corrected chi connectivity index (χ3v) is 1.66. The van der Waals surface area contributed by atoms with E-state index in [0.717, 1.165) is 12.1 Å². The Morgan fingerprint density at radius 1 is 1.55 bits per heavy atom. The van der Waals surface area contributed by atoms with Crippen molar-refractivity contribution >= 4 is 17.3 Å². The van der Waals surface area contributed by atoms with Crippen molar-refractivity contribution in [2.75, 3.05) is 5.73 Å². The van der Waals surface area contributed by atoms with Gasteiger partial charge in [-0.2, -0.15) is 0 Å². The summed E-state index contributed by atoms with van der Waals surface area (Å²) in [6, 6.07) is 2.26. The summed E-state index contributed by atoms with van der Waals surface area (Å²) in [6.45, 7) is -0.302. The van der Waals surface area contributed by atoms with Crippen LogP contribution in [0.15, 0.2) is 12.1 Å². The average Bonchev–Trinajstić information content (AvgIpc) is 1.96. The first kappa shape index (κ1) is 8.30. The number of nitrogens with two attached hydrogens (primary N) is 1. The highest BCUT2D eigenvalue weighted by molar-refractivity contribution is 6.33. The first-order valence-electron chi connectivity index (χ1n) is 2.99. The molecular weight excluding hydrogens is 169 g/mol. The second kappa shape index (κ2) is 3.07. The molecule has 1 aromatic carbocycles. The minimum Gasteiger partial charge on any atom is -0.397 e. The van der Waals surface area contributed by atoms with E-state index in [1.165, 1.54) is 0 Å². The molecule has 3 N–H and O–H groups in total. The normalized spacial score (nSPS) is 10.1. The van der Waals surface area contributed by atoms with Crippen molar-refractivity contribution in [3.8, 4) is 0 Å². The highest BCUT2D eigenvalue weighted by Gasteiger charge is 2.04. The highest BCUT2D eigenvalue weighted by Crippen LogP contribution is 2.23. The molecule has 0 saturated carbocycles. The fraction of sp³-hybridized carbons (Fsp3) is 0.143. The van der Waals surface area contributed by atoms with Crippen molar-refractivity contribution in [2.45, 2.75) is 6.61 Å². The van der Waals surface area contributed by atoms with Crippen molar-refractivity contribution in [3.63, 3.8) is 0 Å². The Morgan fingerprint density at radius 3 is 2.73 bits per heavy atom. The molecule has 11 heavy (non-hydrogen) atoms. The number of hydrogen-bond donors (Lipinski definition) is 2. The molecule has 0 aromatic heterocycles. The van der Waals surface area contributed by atoms with Gasteiger partial charge in [0.15, 0.2) is 0 Å². The molecule has 0 unspecified atom stereocenters. The van der Waals surface area contributed by atoms with Crippen LogP contribution in [0, 0.1) is 5.82 Å². The van der Waals surface area contributed by atoms with E-state index in [4.69, 9.17) is 22.4 Å². The molecule has 0 fully saturated rings. The Bertz CT molecular complexity index is 277. The monoisotopic (exact) mass is 175 g/mol. The number of anilines is 1. The molecule has 0 amide bonds. The number of nitrogen functional groups attached to an aromatic ring is 1. The third kappa shape index (κ3) is 1.61. The lowest BCUT2D eigenvalue weighted by Gasteiger charge is -2.03. The van der Waals surface area contributed by atoms with Gasteiger partial charge in [0.05, 0.1) is 17.3 Å². The number of hydrogen-bond acceptors (Lipinski definition) is 2. The third-order valence-electron chi connectivity index (χ3n) is 1.35. The average molecular weight is 176 g/mol. The van der Waals surface area contributed by atoms with Crippen LogP contribution in [0.4, 0.5) is 10.1 Å². The Balaban J connectivity index is 3.24. The van der Waals surface area contributed by atoms with Gasteiger partial charge in [0.1, 0.15) is 5.82 Å². The zero-order valence-corrected chi connectivity index (χ0v) is 6.40. The molecule has 60 valence electrons. The van der Waals surface area contributed by atoms with E-state index < -0.39 is 5.82 Å². The van der Waals surface area contributed by atoms with Gasteiger partial charge in [-0.1, -0.05) is 11.6 Å². The number of halogens is 2. The molecule has 0 heterocycles. The van der Waals surface area contributed by atoms with Gasteiger partial charge < -0.3 is 10.8 Å². The summed E-state index contributed by atoms with van der Waals surface area (Å²) in [5.74, 6) is -0.492. The molecule has 0 radical (unpaired) electrons. The van der Waals surface area contributed by atoms with E-state index in [1.54, 1.807) is 0 Å². The van der Waals surface area contributed by atoms with Crippen LogP contribution in [0.25, 0.3) is 0 Å². The molecule has 0 aliphatic heterocycles. The smallest absolute Gasteiger partial charge is 0.125 e. The molecule has 4 heteroatoms. The van der Waals surface area contributed by atoms with Crippen molar-refractivity contribution in [2.24, 2.45) is 0 Å². The van der Waals surface area contributed by atoms with Gasteiger partial charge in [-0.25, -0.2) is 4.39 Å². The molecule has 0 atom stereocenters. The maximum Gasteiger partial charge on any atom is 0.125 e. The van der Waals surface area contributed by atoms with Gasteiger partial charge in [-0.15, -0.1) is 0 Å². The minimum absolute atomic E-state index is 0.133. The summed E-state index contributed by atoms with van der Waals surface area (Å²) in [6.07, 6.45) is 0. The Morgan fingerprint density at radius 2 is 2.18 bits per heavy atom. The van der Waals surface area contributed by atoms with Crippen molar-refractivity contribution in [1.29, 1.82) is 0 Å². The van der Waals surface area contributed by atoms with Crippen LogP contribution in [-0.4, -0.2) is 5.11 Å². The number of aliphatic hydroxyl groups is 1. The molecule has 1 rings (SSSR count). The summed E-state index contributed by atoms with van der Waals surface area (Å²) in [5, 5.41) is 8.80. The van der Waals surface area contributed by atoms with Gasteiger partial charge in [0.2, 0.25) is 0 Å². The largest absolute Gasteiger partial charge is 0.397 e. The molecular formula is C7H7ClFNO. The molecule has 2 nitrogen and oxygen atoms in total. The Labute approximate surface area is 68.4 Å². The fourth-order valence-corrected chi connectivity index (χ4v) is 0.994. The predicted octanol–water partition coefficient (Wildman–Crippen LogP) is 1.55. The standard InChI is InChI=1S/C7H7ClFNO/c8-6-2-5(9)1-4(3-11)7(6)10/h1-2,11H,3,10H2. The molecule has 0 aliphatic carbocycles. The summed E-state index contributed by atoms with van der Waals surface area (Å²) in [5.41, 5.74) is 5.95. The maximum absolute atomic E-state index is 12.5. The zero-order valence-electron chi connectivity index (χ0n) is 5.64. The van der Waals surface area contributed by atoms with Gasteiger partial charge in [0.25, 0.3) is 0 Å². The van der Waals surface area contributed by atoms with Crippen molar-refractivity contribution in [3.05, 3.63) is 28.5 Å². The number of benzene rings is 1. The summed E-state index contributed by atoms with van der Waals surface area (Å²) in [4.78, 5) is 0. The molecule has 0 spiro atoms. The van der Waals surface area contributed by atoms with Gasteiger partial charge in [-0.3, -0.25) is 0 Å². The first-order chi connectivity index (χ1) is 5.15. The first-order valence-corrected chi connectivity index (χ1v) is 3.37. The Kier molecular flexibility index (Phi) is 2.31. The lowest BCUT2D eigenvalue weighted by molar-refractivity contribution is 0.282. The van der Waals surface area contributed by atoms with E-state index in [-0.39, 0.29) is 17.3 Å². The van der Waals surface area contributed by atoms with E-state index in [9.17, 15) is 4.39 Å². The van der Waals surface area contributed by atoms with E-state index in [2.05, 4.69) is 0 Å². The van der Waals surface area contributed by atoms with E-state index >= 15 is 0 Å². The van der Waals surface area contributed by atoms with Crippen LogP contribution in [-0.2, 0) is 6.61 Å². The lowest BCUT2D eigenvalue weighted by atomic mass is 10.2. The molecule has 1 aromatic rings. The second-order valence-corrected chi connectivity index (χ2v) is 2.53. The van der Waals surface area contributed by atoms with E-state index in [1.807, 2.05) is 0 Å². The number of rotatable bonds is 1. The zero-order chi connectivity index (χ0) is 8.43. The Hall–Kier alpha value is -0.800. The molecule has 0 bridgehead atoms. The minimum atomic E-state index is -0.492. The van der Waals surface area contributed by atoms with Crippen LogP contribution in [0.1, 0.15) is 5.56 Å². The molecule has 0 aliphatic rings. The van der Waals surface area contributed by atoms with Gasteiger partial charge in [-0.05, 0) is 12.1 Å². The second-order valence-electron chi connectivity index (χ2n) is 2.12. The van der Waals surface area contributed by atoms with Gasteiger partial charge in [0, 0.05) is 5.56 Å². The van der Waals surface area contributed by atoms with Gasteiger partial charge >= 0.3 is 0 Å². The highest BCUT2D eigenvalue weighted by atomic mass is 35.5. The maximum atomic E-state index is 12.5. The fourth-order valence-electron chi connectivity index (χ4n) is 0.769.